The second-order valence-electron chi connectivity index (χ2n) is 6.00. The van der Waals surface area contributed by atoms with Gasteiger partial charge in [-0.3, -0.25) is 0 Å². The second kappa shape index (κ2) is 7.04. The first-order valence-corrected chi connectivity index (χ1v) is 10.8. The van der Waals surface area contributed by atoms with Crippen LogP contribution in [-0.4, -0.2) is 23.0 Å². The number of thiophene rings is 1. The lowest BCUT2D eigenvalue weighted by atomic mass is 10.1. The molecule has 6 nitrogen and oxygen atoms in total. The van der Waals surface area contributed by atoms with Crippen LogP contribution in [0.15, 0.2) is 52.9 Å². The first-order valence-electron chi connectivity index (χ1n) is 8.07. The van der Waals surface area contributed by atoms with E-state index in [2.05, 4.69) is 16.9 Å². The van der Waals surface area contributed by atoms with Gasteiger partial charge in [-0.25, -0.2) is 23.1 Å². The van der Waals surface area contributed by atoms with Gasteiger partial charge in [-0.15, -0.1) is 11.3 Å². The predicted octanol–water partition coefficient (Wildman–Crippen LogP) is 3.47. The summed E-state index contributed by atoms with van der Waals surface area (Å²) >= 11 is 6.99. The first-order chi connectivity index (χ1) is 13.3. The van der Waals surface area contributed by atoms with Gasteiger partial charge in [-0.05, 0) is 37.3 Å². The number of primary sulfonamides is 1. The molecule has 2 N–H and O–H groups in total. The van der Waals surface area contributed by atoms with Crippen molar-refractivity contribution in [3.63, 3.8) is 0 Å². The quantitative estimate of drug-likeness (QED) is 0.495. The fraction of sp³-hybridized carbons (Fsp3) is 0.0526. The molecule has 0 aliphatic rings. The molecule has 3 aromatic heterocycles. The van der Waals surface area contributed by atoms with Gasteiger partial charge in [0, 0.05) is 16.3 Å². The van der Waals surface area contributed by atoms with Crippen molar-refractivity contribution in [3.8, 4) is 23.1 Å². The average molecular weight is 429 g/mol. The Hall–Kier alpha value is -2.70. The summed E-state index contributed by atoms with van der Waals surface area (Å²) in [6.45, 7) is 1.94. The van der Waals surface area contributed by atoms with Gasteiger partial charge in [0.05, 0.1) is 22.3 Å². The fourth-order valence-electron chi connectivity index (χ4n) is 2.64. The van der Waals surface area contributed by atoms with Crippen molar-refractivity contribution in [2.75, 3.05) is 0 Å². The van der Waals surface area contributed by atoms with Crippen LogP contribution in [0, 0.1) is 18.8 Å². The zero-order chi connectivity index (χ0) is 19.9. The van der Waals surface area contributed by atoms with E-state index in [0.29, 0.717) is 21.1 Å². The maximum Gasteiger partial charge on any atom is 0.247 e. The minimum atomic E-state index is -3.72. The maximum atomic E-state index is 11.4. The smallest absolute Gasteiger partial charge is 0.227 e. The van der Waals surface area contributed by atoms with Crippen molar-refractivity contribution in [3.05, 3.63) is 69.8 Å². The summed E-state index contributed by atoms with van der Waals surface area (Å²) in [6.07, 6.45) is 1.64. The van der Waals surface area contributed by atoms with Crippen LogP contribution in [0.5, 0.6) is 0 Å². The molecule has 0 saturated heterocycles. The lowest BCUT2D eigenvalue weighted by Crippen LogP contribution is -2.09. The molecule has 0 aliphatic heterocycles. The van der Waals surface area contributed by atoms with Crippen LogP contribution < -0.4 is 5.14 Å². The molecule has 0 spiro atoms. The van der Waals surface area contributed by atoms with Crippen LogP contribution in [0.25, 0.3) is 16.9 Å². The molecule has 4 rings (SSSR count). The fourth-order valence-corrected chi connectivity index (χ4v) is 4.35. The Labute approximate surface area is 170 Å². The molecule has 0 fully saturated rings. The highest BCUT2D eigenvalue weighted by Crippen LogP contribution is 2.23. The zero-order valence-corrected chi connectivity index (χ0v) is 16.9. The highest BCUT2D eigenvalue weighted by atomic mass is 35.5. The van der Waals surface area contributed by atoms with E-state index in [4.69, 9.17) is 21.7 Å². The molecule has 0 atom stereocenters. The lowest BCUT2D eigenvalue weighted by Gasteiger charge is -2.05. The lowest BCUT2D eigenvalue weighted by molar-refractivity contribution is 0.600. The summed E-state index contributed by atoms with van der Waals surface area (Å²) < 4.78 is 24.6. The number of benzene rings is 1. The number of aromatic nitrogens is 3. The van der Waals surface area contributed by atoms with Crippen molar-refractivity contribution >= 4 is 38.6 Å². The SMILES string of the molecule is Cc1cc(-c2ccc(Cl)cc2)nc2c(C#Cc3ccc(S(N)(=O)=O)s3)cnn12. The van der Waals surface area contributed by atoms with E-state index in [1.165, 1.54) is 6.07 Å². The zero-order valence-electron chi connectivity index (χ0n) is 14.5. The molecule has 0 aliphatic carbocycles. The summed E-state index contributed by atoms with van der Waals surface area (Å²) in [4.78, 5) is 5.29. The minimum Gasteiger partial charge on any atom is -0.227 e. The largest absolute Gasteiger partial charge is 0.247 e. The molecular formula is C19H13ClN4O2S2. The van der Waals surface area contributed by atoms with Crippen LogP contribution in [0.1, 0.15) is 16.1 Å². The number of nitrogens with two attached hydrogens (primary N) is 1. The van der Waals surface area contributed by atoms with Gasteiger partial charge in [0.2, 0.25) is 10.0 Å². The number of halogens is 1. The van der Waals surface area contributed by atoms with E-state index in [0.717, 1.165) is 28.3 Å². The molecular weight excluding hydrogens is 416 g/mol. The van der Waals surface area contributed by atoms with E-state index in [1.807, 2.05) is 37.3 Å². The standard InChI is InChI=1S/C19H13ClN4O2S2/c1-12-10-17(13-2-5-15(20)6-3-13)23-19-14(11-22-24(12)19)4-7-16-8-9-18(27-16)28(21,25)26/h2-3,5-6,8-11H,1H3,(H2,21,25,26). The number of rotatable bonds is 2. The van der Waals surface area contributed by atoms with Crippen molar-refractivity contribution in [1.82, 2.24) is 14.6 Å². The van der Waals surface area contributed by atoms with E-state index in [9.17, 15) is 8.42 Å². The number of sulfonamides is 1. The topological polar surface area (TPSA) is 90.3 Å². The van der Waals surface area contributed by atoms with Crippen LogP contribution in [0.3, 0.4) is 0 Å². The third kappa shape index (κ3) is 3.66. The summed E-state index contributed by atoms with van der Waals surface area (Å²) in [5.74, 6) is 5.98. The average Bonchev–Trinajstić information content (AvgIpc) is 3.27. The van der Waals surface area contributed by atoms with Crippen LogP contribution in [0.4, 0.5) is 0 Å². The van der Waals surface area contributed by atoms with Crippen LogP contribution >= 0.6 is 22.9 Å². The molecule has 0 saturated carbocycles. The van der Waals surface area contributed by atoms with Gasteiger partial charge in [-0.2, -0.15) is 5.10 Å². The number of nitrogens with zero attached hydrogens (tertiary/aromatic N) is 3. The molecule has 3 heterocycles. The highest BCUT2D eigenvalue weighted by Gasteiger charge is 2.11. The molecule has 0 bridgehead atoms. The van der Waals surface area contributed by atoms with Crippen molar-refractivity contribution < 1.29 is 8.42 Å². The van der Waals surface area contributed by atoms with Gasteiger partial charge in [0.25, 0.3) is 0 Å². The van der Waals surface area contributed by atoms with Gasteiger partial charge < -0.3 is 0 Å². The monoisotopic (exact) mass is 428 g/mol. The van der Waals surface area contributed by atoms with Crippen LogP contribution in [0.2, 0.25) is 5.02 Å². The third-order valence-corrected chi connectivity index (χ3v) is 6.66. The summed E-state index contributed by atoms with van der Waals surface area (Å²) in [5.41, 5.74) is 3.91. The van der Waals surface area contributed by atoms with Crippen molar-refractivity contribution in [2.45, 2.75) is 11.1 Å². The number of hydrogen-bond acceptors (Lipinski definition) is 5. The Morgan fingerprint density at radius 3 is 2.57 bits per heavy atom. The van der Waals surface area contributed by atoms with Gasteiger partial charge in [-0.1, -0.05) is 35.6 Å². The van der Waals surface area contributed by atoms with Gasteiger partial charge in [0.1, 0.15) is 4.21 Å². The summed E-state index contributed by atoms with van der Waals surface area (Å²) in [7, 11) is -3.72. The number of fused-ring (bicyclic) bond motifs is 1. The first kappa shape index (κ1) is 18.7. The Kier molecular flexibility index (Phi) is 4.69. The molecule has 4 aromatic rings. The predicted molar refractivity (Wildman–Crippen MR) is 110 cm³/mol. The molecule has 9 heteroatoms. The highest BCUT2D eigenvalue weighted by molar-refractivity contribution is 7.91. The summed E-state index contributed by atoms with van der Waals surface area (Å²) in [5, 5.41) is 10.1. The Morgan fingerprint density at radius 1 is 1.14 bits per heavy atom. The normalized spacial score (nSPS) is 11.4. The Morgan fingerprint density at radius 2 is 1.89 bits per heavy atom. The molecule has 140 valence electrons. The minimum absolute atomic E-state index is 0.0793. The molecule has 28 heavy (non-hydrogen) atoms. The Balaban J connectivity index is 1.77. The molecule has 0 unspecified atom stereocenters. The Bertz CT molecular complexity index is 1360. The number of aryl methyl sites for hydroxylation is 1. The number of hydrogen-bond donors (Lipinski definition) is 1. The van der Waals surface area contributed by atoms with E-state index in [1.54, 1.807) is 16.8 Å². The van der Waals surface area contributed by atoms with Crippen molar-refractivity contribution in [2.24, 2.45) is 5.14 Å². The van der Waals surface area contributed by atoms with E-state index >= 15 is 0 Å². The van der Waals surface area contributed by atoms with Crippen LogP contribution in [-0.2, 0) is 10.0 Å². The molecule has 0 radical (unpaired) electrons. The molecule has 0 amide bonds. The van der Waals surface area contributed by atoms with Gasteiger partial charge >= 0.3 is 0 Å². The van der Waals surface area contributed by atoms with Gasteiger partial charge in [0.15, 0.2) is 5.65 Å². The van der Waals surface area contributed by atoms with E-state index in [-0.39, 0.29) is 4.21 Å². The van der Waals surface area contributed by atoms with Crippen molar-refractivity contribution in [1.29, 1.82) is 0 Å². The third-order valence-electron chi connectivity index (χ3n) is 3.97. The maximum absolute atomic E-state index is 11.4. The van der Waals surface area contributed by atoms with E-state index < -0.39 is 10.0 Å². The molecule has 1 aromatic carbocycles. The summed E-state index contributed by atoms with van der Waals surface area (Å²) in [6, 6.07) is 12.5. The second-order valence-corrected chi connectivity index (χ2v) is 9.31.